The van der Waals surface area contributed by atoms with Crippen LogP contribution >= 0.6 is 0 Å². The zero-order valence-corrected chi connectivity index (χ0v) is 13.2. The molecule has 1 amide bonds. The summed E-state index contributed by atoms with van der Waals surface area (Å²) in [5.41, 5.74) is 7.25. The van der Waals surface area contributed by atoms with Gasteiger partial charge >= 0.3 is 0 Å². The van der Waals surface area contributed by atoms with Crippen LogP contribution in [0.25, 0.3) is 0 Å². The summed E-state index contributed by atoms with van der Waals surface area (Å²) in [7, 11) is 0. The number of carbonyl (C=O) groups is 1. The van der Waals surface area contributed by atoms with E-state index in [0.29, 0.717) is 0 Å². The normalized spacial score (nSPS) is 31.0. The van der Waals surface area contributed by atoms with Gasteiger partial charge in [0.2, 0.25) is 5.91 Å². The van der Waals surface area contributed by atoms with Crippen molar-refractivity contribution in [2.24, 2.45) is 17.1 Å². The van der Waals surface area contributed by atoms with Gasteiger partial charge in [0.05, 0.1) is 6.04 Å². The number of aryl methyl sites for hydroxylation is 1. The highest BCUT2D eigenvalue weighted by Gasteiger charge is 2.37. The average Bonchev–Trinajstić information content (AvgIpc) is 2.93. The van der Waals surface area contributed by atoms with E-state index in [9.17, 15) is 4.79 Å². The fraction of sp³-hybridized carbons (Fsp3) is 0.706. The Hall–Kier alpha value is -1.29. The fourth-order valence-corrected chi connectivity index (χ4v) is 3.86. The van der Waals surface area contributed by atoms with E-state index in [-0.39, 0.29) is 29.3 Å². The molecule has 4 heteroatoms. The lowest BCUT2D eigenvalue weighted by Crippen LogP contribution is -2.38. The van der Waals surface area contributed by atoms with Gasteiger partial charge in [-0.3, -0.25) is 4.79 Å². The molecule has 1 aromatic rings. The first-order valence-electron chi connectivity index (χ1n) is 7.99. The van der Waals surface area contributed by atoms with Crippen molar-refractivity contribution in [2.75, 3.05) is 0 Å². The van der Waals surface area contributed by atoms with Crippen LogP contribution in [0.15, 0.2) is 10.5 Å². The van der Waals surface area contributed by atoms with E-state index in [1.54, 1.807) is 0 Å². The van der Waals surface area contributed by atoms with Gasteiger partial charge in [-0.1, -0.05) is 13.8 Å². The highest BCUT2D eigenvalue weighted by atomic mass is 16.3. The second-order valence-corrected chi connectivity index (χ2v) is 7.61. The van der Waals surface area contributed by atoms with E-state index < -0.39 is 0 Å². The van der Waals surface area contributed by atoms with Crippen molar-refractivity contribution in [3.63, 3.8) is 0 Å². The molecular weight excluding hydrogens is 264 g/mol. The number of fused-ring (bicyclic) bond motifs is 1. The summed E-state index contributed by atoms with van der Waals surface area (Å²) < 4.78 is 5.82. The second-order valence-electron chi connectivity index (χ2n) is 7.61. The predicted octanol–water partition coefficient (Wildman–Crippen LogP) is 2.85. The van der Waals surface area contributed by atoms with Gasteiger partial charge in [-0.15, -0.1) is 0 Å². The van der Waals surface area contributed by atoms with Crippen LogP contribution in [-0.2, 0) is 11.2 Å². The summed E-state index contributed by atoms with van der Waals surface area (Å²) in [5, 5.41) is 3.25. The predicted molar refractivity (Wildman–Crippen MR) is 81.7 cm³/mol. The van der Waals surface area contributed by atoms with Crippen molar-refractivity contribution in [3.8, 4) is 0 Å². The van der Waals surface area contributed by atoms with Crippen molar-refractivity contribution in [3.05, 3.63) is 23.2 Å². The standard InChI is InChI=1S/C17H26N2O2/c1-10-6-13-14(8-17(2,3)9-15(13)21-10)19-16(20)11-4-5-12(18)7-11/h6,11-12,14H,4-5,7-9,18H2,1-3H3,(H,19,20). The molecule has 116 valence electrons. The van der Waals surface area contributed by atoms with E-state index in [0.717, 1.165) is 43.6 Å². The maximum Gasteiger partial charge on any atom is 0.223 e. The first kappa shape index (κ1) is 14.6. The minimum atomic E-state index is 0.0746. The van der Waals surface area contributed by atoms with E-state index >= 15 is 0 Å². The lowest BCUT2D eigenvalue weighted by atomic mass is 9.74. The Morgan fingerprint density at radius 3 is 2.86 bits per heavy atom. The Bertz CT molecular complexity index is 547. The van der Waals surface area contributed by atoms with Crippen LogP contribution in [-0.4, -0.2) is 11.9 Å². The molecule has 0 aromatic carbocycles. The molecule has 3 unspecified atom stereocenters. The van der Waals surface area contributed by atoms with Crippen molar-refractivity contribution < 1.29 is 9.21 Å². The molecule has 0 radical (unpaired) electrons. The van der Waals surface area contributed by atoms with Gasteiger partial charge in [0.25, 0.3) is 0 Å². The first-order chi connectivity index (χ1) is 9.84. The number of nitrogens with two attached hydrogens (primary N) is 1. The van der Waals surface area contributed by atoms with E-state index in [1.165, 1.54) is 5.56 Å². The lowest BCUT2D eigenvalue weighted by Gasteiger charge is -2.35. The summed E-state index contributed by atoms with van der Waals surface area (Å²) in [5.74, 6) is 2.22. The van der Waals surface area contributed by atoms with E-state index in [2.05, 4.69) is 25.2 Å². The van der Waals surface area contributed by atoms with Gasteiger partial charge in [-0.25, -0.2) is 0 Å². The van der Waals surface area contributed by atoms with Crippen molar-refractivity contribution in [1.82, 2.24) is 5.32 Å². The van der Waals surface area contributed by atoms with Crippen molar-refractivity contribution in [1.29, 1.82) is 0 Å². The Kier molecular flexibility index (Phi) is 3.60. The van der Waals surface area contributed by atoms with Crippen LogP contribution in [0.2, 0.25) is 0 Å². The SMILES string of the molecule is Cc1cc2c(o1)CC(C)(C)CC2NC(=O)C1CCC(N)C1. The third-order valence-electron chi connectivity index (χ3n) is 4.90. The summed E-state index contributed by atoms with van der Waals surface area (Å²) in [6, 6.07) is 2.34. The number of rotatable bonds is 2. The zero-order valence-electron chi connectivity index (χ0n) is 13.2. The molecule has 21 heavy (non-hydrogen) atoms. The Morgan fingerprint density at radius 2 is 2.19 bits per heavy atom. The number of carbonyl (C=O) groups excluding carboxylic acids is 1. The Labute approximate surface area is 126 Å². The highest BCUT2D eigenvalue weighted by Crippen LogP contribution is 2.42. The number of furan rings is 1. The third kappa shape index (κ3) is 3.00. The molecule has 1 saturated carbocycles. The summed E-state index contributed by atoms with van der Waals surface area (Å²) in [4.78, 5) is 12.5. The largest absolute Gasteiger partial charge is 0.466 e. The smallest absolute Gasteiger partial charge is 0.223 e. The quantitative estimate of drug-likeness (QED) is 0.880. The Morgan fingerprint density at radius 1 is 1.43 bits per heavy atom. The molecule has 0 saturated heterocycles. The van der Waals surface area contributed by atoms with Crippen molar-refractivity contribution >= 4 is 5.91 Å². The van der Waals surface area contributed by atoms with Crippen molar-refractivity contribution in [2.45, 2.75) is 65.0 Å². The molecule has 3 atom stereocenters. The summed E-state index contributed by atoms with van der Waals surface area (Å²) in [6.45, 7) is 6.44. The number of amides is 1. The molecule has 2 aliphatic carbocycles. The number of nitrogens with one attached hydrogen (secondary N) is 1. The van der Waals surface area contributed by atoms with Crippen LogP contribution < -0.4 is 11.1 Å². The van der Waals surface area contributed by atoms with E-state index in [1.807, 2.05) is 6.92 Å². The molecule has 1 aromatic heterocycles. The maximum atomic E-state index is 12.5. The molecule has 3 rings (SSSR count). The summed E-state index contributed by atoms with van der Waals surface area (Å²) in [6.07, 6.45) is 4.60. The minimum absolute atomic E-state index is 0.0746. The third-order valence-corrected chi connectivity index (χ3v) is 4.90. The zero-order chi connectivity index (χ0) is 15.2. The molecule has 1 fully saturated rings. The Balaban J connectivity index is 1.76. The first-order valence-corrected chi connectivity index (χ1v) is 7.99. The minimum Gasteiger partial charge on any atom is -0.466 e. The monoisotopic (exact) mass is 290 g/mol. The fourth-order valence-electron chi connectivity index (χ4n) is 3.86. The molecule has 0 spiro atoms. The van der Waals surface area contributed by atoms with Gasteiger partial charge in [0, 0.05) is 23.9 Å². The molecule has 2 aliphatic rings. The molecular formula is C17H26N2O2. The van der Waals surface area contributed by atoms with Crippen LogP contribution in [0.4, 0.5) is 0 Å². The van der Waals surface area contributed by atoms with Gasteiger partial charge in [0.15, 0.2) is 0 Å². The van der Waals surface area contributed by atoms with Gasteiger partial charge in [-0.2, -0.15) is 0 Å². The summed E-state index contributed by atoms with van der Waals surface area (Å²) >= 11 is 0. The second kappa shape index (κ2) is 5.16. The van der Waals surface area contributed by atoms with Crippen LogP contribution in [0, 0.1) is 18.3 Å². The molecule has 4 nitrogen and oxygen atoms in total. The van der Waals surface area contributed by atoms with Crippen LogP contribution in [0.5, 0.6) is 0 Å². The van der Waals surface area contributed by atoms with Crippen LogP contribution in [0.3, 0.4) is 0 Å². The van der Waals surface area contributed by atoms with Gasteiger partial charge < -0.3 is 15.5 Å². The molecule has 0 aliphatic heterocycles. The topological polar surface area (TPSA) is 68.3 Å². The van der Waals surface area contributed by atoms with Gasteiger partial charge in [-0.05, 0) is 44.1 Å². The molecule has 0 bridgehead atoms. The van der Waals surface area contributed by atoms with E-state index in [4.69, 9.17) is 10.2 Å². The average molecular weight is 290 g/mol. The highest BCUT2D eigenvalue weighted by molar-refractivity contribution is 5.79. The maximum absolute atomic E-state index is 12.5. The van der Waals surface area contributed by atoms with Gasteiger partial charge in [0.1, 0.15) is 11.5 Å². The molecule has 3 N–H and O–H groups in total. The lowest BCUT2D eigenvalue weighted by molar-refractivity contribution is -0.125. The van der Waals surface area contributed by atoms with Crippen LogP contribution in [0.1, 0.15) is 62.7 Å². The molecule has 1 heterocycles. The number of hydrogen-bond donors (Lipinski definition) is 2. The number of hydrogen-bond acceptors (Lipinski definition) is 3.